The second kappa shape index (κ2) is 8.51. The van der Waals surface area contributed by atoms with E-state index in [1.165, 1.54) is 0 Å². The van der Waals surface area contributed by atoms with Crippen molar-refractivity contribution in [2.24, 2.45) is 5.92 Å². The van der Waals surface area contributed by atoms with Gasteiger partial charge >= 0.3 is 0 Å². The van der Waals surface area contributed by atoms with E-state index < -0.39 is 6.04 Å². The van der Waals surface area contributed by atoms with E-state index in [-0.39, 0.29) is 29.7 Å². The molecule has 2 aromatic rings. The molecular weight excluding hydrogens is 386 g/mol. The van der Waals surface area contributed by atoms with E-state index >= 15 is 0 Å². The van der Waals surface area contributed by atoms with Crippen LogP contribution < -0.4 is 20.3 Å². The maximum atomic E-state index is 13.3. The minimum absolute atomic E-state index is 0.00209. The lowest BCUT2D eigenvalue weighted by Crippen LogP contribution is -2.42. The first-order chi connectivity index (χ1) is 14.6. The van der Waals surface area contributed by atoms with E-state index in [0.29, 0.717) is 24.7 Å². The van der Waals surface area contributed by atoms with Crippen LogP contribution in [0.15, 0.2) is 42.5 Å². The van der Waals surface area contributed by atoms with Gasteiger partial charge in [0, 0.05) is 25.1 Å². The number of amides is 1. The predicted molar refractivity (Wildman–Crippen MR) is 110 cm³/mol. The highest BCUT2D eigenvalue weighted by Crippen LogP contribution is 2.49. The highest BCUT2D eigenvalue weighted by Gasteiger charge is 2.55. The number of carbonyl (C=O) groups excluding carboxylic acids is 1. The molecule has 2 aliphatic heterocycles. The normalized spacial score (nSPS) is 25.4. The number of hydrogen-bond donors (Lipinski definition) is 3. The number of nitrogens with one attached hydrogen (secondary N) is 2. The third-order valence-corrected chi connectivity index (χ3v) is 5.97. The maximum Gasteiger partial charge on any atom is 0.242 e. The molecule has 0 aromatic heterocycles. The molecule has 0 bridgehead atoms. The number of benzene rings is 2. The zero-order valence-electron chi connectivity index (χ0n) is 17.3. The molecule has 30 heavy (non-hydrogen) atoms. The molecule has 2 saturated heterocycles. The van der Waals surface area contributed by atoms with Crippen molar-refractivity contribution >= 4 is 5.91 Å². The molecular formula is C22H27N3O5. The van der Waals surface area contributed by atoms with Crippen molar-refractivity contribution in [3.05, 3.63) is 53.6 Å². The Balaban J connectivity index is 1.78. The molecule has 0 saturated carbocycles. The van der Waals surface area contributed by atoms with Crippen molar-refractivity contribution < 1.29 is 24.1 Å². The fourth-order valence-electron chi connectivity index (χ4n) is 4.59. The monoisotopic (exact) mass is 413 g/mol. The molecule has 4 unspecified atom stereocenters. The van der Waals surface area contributed by atoms with Crippen LogP contribution in [0.3, 0.4) is 0 Å². The van der Waals surface area contributed by atoms with Crippen LogP contribution in [-0.4, -0.2) is 56.4 Å². The van der Waals surface area contributed by atoms with Crippen LogP contribution in [-0.2, 0) is 9.53 Å². The number of hydrazine groups is 1. The quantitative estimate of drug-likeness (QED) is 0.637. The number of rotatable bonds is 7. The van der Waals surface area contributed by atoms with E-state index in [0.717, 1.165) is 11.1 Å². The van der Waals surface area contributed by atoms with Crippen LogP contribution in [0.4, 0.5) is 0 Å². The number of methoxy groups -OCH3 is 3. The molecule has 2 aromatic carbocycles. The zero-order chi connectivity index (χ0) is 21.3. The van der Waals surface area contributed by atoms with Crippen LogP contribution in [0.1, 0.15) is 23.2 Å². The first kappa shape index (κ1) is 20.5. The predicted octanol–water partition coefficient (Wildman–Crippen LogP) is 1.77. The van der Waals surface area contributed by atoms with E-state index in [4.69, 9.17) is 14.2 Å². The minimum atomic E-state index is -0.412. The van der Waals surface area contributed by atoms with E-state index in [1.807, 2.05) is 35.2 Å². The van der Waals surface area contributed by atoms with Crippen molar-refractivity contribution in [1.29, 1.82) is 0 Å². The molecule has 0 radical (unpaired) electrons. The van der Waals surface area contributed by atoms with Crippen molar-refractivity contribution in [2.45, 2.75) is 18.1 Å². The number of carbonyl (C=O) groups is 1. The van der Waals surface area contributed by atoms with Crippen LogP contribution in [0, 0.1) is 5.92 Å². The standard InChI is InChI=1S/C22H27N3O5/c1-28-11-10-25-21(13-8-9-16(29-2)17(12-13)30-3)18-19(23-24-20(18)22(25)27)14-6-4-5-7-15(14)26/h4-9,12,18-21,23-24,26H,10-11H2,1-3H3. The molecule has 8 heteroatoms. The fraction of sp³-hybridized carbons (Fsp3) is 0.409. The van der Waals surface area contributed by atoms with Crippen LogP contribution in [0.25, 0.3) is 0 Å². The molecule has 4 rings (SSSR count). The lowest BCUT2D eigenvalue weighted by atomic mass is 9.83. The molecule has 2 heterocycles. The Morgan fingerprint density at radius 1 is 1.00 bits per heavy atom. The number of likely N-dealkylation sites (tertiary alicyclic amines) is 1. The Labute approximate surface area is 175 Å². The van der Waals surface area contributed by atoms with Gasteiger partial charge < -0.3 is 24.2 Å². The number of aromatic hydroxyl groups is 1. The Bertz CT molecular complexity index is 921. The third kappa shape index (κ3) is 3.36. The van der Waals surface area contributed by atoms with Crippen LogP contribution in [0.2, 0.25) is 0 Å². The van der Waals surface area contributed by atoms with Gasteiger partial charge in [-0.1, -0.05) is 24.3 Å². The van der Waals surface area contributed by atoms with Gasteiger partial charge in [-0.2, -0.15) is 0 Å². The number of para-hydroxylation sites is 1. The molecule has 1 amide bonds. The van der Waals surface area contributed by atoms with Gasteiger partial charge in [0.15, 0.2) is 11.5 Å². The Kier molecular flexibility index (Phi) is 5.80. The van der Waals surface area contributed by atoms with Gasteiger partial charge in [-0.05, 0) is 23.8 Å². The molecule has 3 N–H and O–H groups in total. The van der Waals surface area contributed by atoms with Gasteiger partial charge in [0.2, 0.25) is 5.91 Å². The lowest BCUT2D eigenvalue weighted by molar-refractivity contribution is -0.131. The molecule has 0 aliphatic carbocycles. The van der Waals surface area contributed by atoms with E-state index in [1.54, 1.807) is 33.5 Å². The highest BCUT2D eigenvalue weighted by atomic mass is 16.5. The van der Waals surface area contributed by atoms with Crippen molar-refractivity contribution in [3.63, 3.8) is 0 Å². The molecule has 2 aliphatic rings. The van der Waals surface area contributed by atoms with Gasteiger partial charge in [-0.3, -0.25) is 4.79 Å². The molecule has 0 spiro atoms. The highest BCUT2D eigenvalue weighted by molar-refractivity contribution is 5.86. The maximum absolute atomic E-state index is 13.3. The van der Waals surface area contributed by atoms with Gasteiger partial charge in [0.25, 0.3) is 0 Å². The smallest absolute Gasteiger partial charge is 0.242 e. The second-order valence-corrected chi connectivity index (χ2v) is 7.46. The van der Waals surface area contributed by atoms with Gasteiger partial charge in [-0.15, -0.1) is 0 Å². The Morgan fingerprint density at radius 3 is 2.43 bits per heavy atom. The summed E-state index contributed by atoms with van der Waals surface area (Å²) in [5.74, 6) is 1.30. The van der Waals surface area contributed by atoms with Crippen molar-refractivity contribution in [3.8, 4) is 17.2 Å². The fourth-order valence-corrected chi connectivity index (χ4v) is 4.59. The number of fused-ring (bicyclic) bond motifs is 1. The first-order valence-electron chi connectivity index (χ1n) is 9.91. The Morgan fingerprint density at radius 2 is 1.73 bits per heavy atom. The second-order valence-electron chi connectivity index (χ2n) is 7.46. The van der Waals surface area contributed by atoms with Crippen LogP contribution >= 0.6 is 0 Å². The topological polar surface area (TPSA) is 92.3 Å². The number of nitrogens with zero attached hydrogens (tertiary/aromatic N) is 1. The summed E-state index contributed by atoms with van der Waals surface area (Å²) in [6, 6.07) is 12.1. The average Bonchev–Trinajstić information content (AvgIpc) is 3.31. The SMILES string of the molecule is COCCN1C(=O)C2NNC(c3ccccc3O)C2C1c1ccc(OC)c(OC)c1. The summed E-state index contributed by atoms with van der Waals surface area (Å²) in [4.78, 5) is 15.1. The van der Waals surface area contributed by atoms with E-state index in [2.05, 4.69) is 10.9 Å². The van der Waals surface area contributed by atoms with Gasteiger partial charge in [-0.25, -0.2) is 10.9 Å². The number of phenolic OH excluding ortho intramolecular Hbond substituents is 1. The summed E-state index contributed by atoms with van der Waals surface area (Å²) in [5.41, 5.74) is 8.08. The molecule has 8 nitrogen and oxygen atoms in total. The largest absolute Gasteiger partial charge is 0.508 e. The van der Waals surface area contributed by atoms with Crippen molar-refractivity contribution in [2.75, 3.05) is 34.5 Å². The average molecular weight is 413 g/mol. The summed E-state index contributed by atoms with van der Waals surface area (Å²) in [5, 5.41) is 10.4. The first-order valence-corrected chi connectivity index (χ1v) is 9.91. The van der Waals surface area contributed by atoms with Gasteiger partial charge in [0.1, 0.15) is 11.8 Å². The third-order valence-electron chi connectivity index (χ3n) is 5.97. The molecule has 4 atom stereocenters. The summed E-state index contributed by atoms with van der Waals surface area (Å²) >= 11 is 0. The number of phenols is 1. The number of ether oxygens (including phenoxy) is 3. The summed E-state index contributed by atoms with van der Waals surface area (Å²) in [6.07, 6.45) is 0. The number of hydrogen-bond acceptors (Lipinski definition) is 7. The minimum Gasteiger partial charge on any atom is -0.508 e. The summed E-state index contributed by atoms with van der Waals surface area (Å²) in [6.45, 7) is 0.903. The van der Waals surface area contributed by atoms with Gasteiger partial charge in [0.05, 0.1) is 32.9 Å². The van der Waals surface area contributed by atoms with Crippen LogP contribution in [0.5, 0.6) is 17.2 Å². The zero-order valence-corrected chi connectivity index (χ0v) is 17.3. The van der Waals surface area contributed by atoms with E-state index in [9.17, 15) is 9.90 Å². The molecule has 2 fully saturated rings. The summed E-state index contributed by atoms with van der Waals surface area (Å²) in [7, 11) is 4.81. The summed E-state index contributed by atoms with van der Waals surface area (Å²) < 4.78 is 16.1. The molecule has 160 valence electrons. The van der Waals surface area contributed by atoms with Crippen molar-refractivity contribution in [1.82, 2.24) is 15.8 Å². The lowest BCUT2D eigenvalue weighted by Gasteiger charge is -2.31. The Hall–Kier alpha value is -2.81.